The van der Waals surface area contributed by atoms with Crippen LogP contribution in [0.5, 0.6) is 0 Å². The standard InChI is InChI=1S/C27H36N4O2/c1-17(2)24-25(20-15-18(3)27(32)30(4)16-20)29-23-6-5-22(28-26(23)24)19-7-11-31(12-8-19)21-9-13-33-14-10-21/h5-6,15-17,19,21,29H,7-14H2,1-4H3. The molecule has 0 radical (unpaired) electrons. The van der Waals surface area contributed by atoms with Gasteiger partial charge in [-0.25, -0.2) is 0 Å². The summed E-state index contributed by atoms with van der Waals surface area (Å²) in [7, 11) is 1.82. The van der Waals surface area contributed by atoms with Crippen LogP contribution in [0.4, 0.5) is 0 Å². The Kier molecular flexibility index (Phi) is 6.14. The molecular formula is C27H36N4O2. The molecule has 3 aromatic rings. The first-order valence-electron chi connectivity index (χ1n) is 12.4. The predicted molar refractivity (Wildman–Crippen MR) is 133 cm³/mol. The quantitative estimate of drug-likeness (QED) is 0.627. The summed E-state index contributed by atoms with van der Waals surface area (Å²) in [5.74, 6) is 0.841. The summed E-state index contributed by atoms with van der Waals surface area (Å²) in [5.41, 5.74) is 7.55. The Balaban J connectivity index is 1.45. The lowest BCUT2D eigenvalue weighted by Crippen LogP contribution is -2.43. The molecule has 2 saturated heterocycles. The lowest BCUT2D eigenvalue weighted by Gasteiger charge is -2.39. The number of aryl methyl sites for hydroxylation is 2. The second kappa shape index (κ2) is 9.07. The van der Waals surface area contributed by atoms with Gasteiger partial charge in [0.25, 0.3) is 5.56 Å². The third-order valence-electron chi connectivity index (χ3n) is 7.58. The van der Waals surface area contributed by atoms with Crippen molar-refractivity contribution in [2.45, 2.75) is 64.3 Å². The zero-order chi connectivity index (χ0) is 23.1. The molecular weight excluding hydrogens is 412 g/mol. The van der Waals surface area contributed by atoms with E-state index in [0.29, 0.717) is 17.9 Å². The summed E-state index contributed by atoms with van der Waals surface area (Å²) in [6.45, 7) is 10.5. The van der Waals surface area contributed by atoms with Crippen LogP contribution in [0, 0.1) is 6.92 Å². The topological polar surface area (TPSA) is 63.2 Å². The van der Waals surface area contributed by atoms with Crippen LogP contribution in [0.2, 0.25) is 0 Å². The van der Waals surface area contributed by atoms with Gasteiger partial charge in [0.15, 0.2) is 0 Å². The van der Waals surface area contributed by atoms with Gasteiger partial charge in [-0.3, -0.25) is 9.78 Å². The summed E-state index contributed by atoms with van der Waals surface area (Å²) < 4.78 is 7.22. The van der Waals surface area contributed by atoms with Crippen LogP contribution in [0.15, 0.2) is 29.2 Å². The van der Waals surface area contributed by atoms with Crippen LogP contribution in [0.3, 0.4) is 0 Å². The van der Waals surface area contributed by atoms with Crippen molar-refractivity contribution in [1.82, 2.24) is 19.4 Å². The van der Waals surface area contributed by atoms with E-state index in [-0.39, 0.29) is 5.56 Å². The van der Waals surface area contributed by atoms with Crippen LogP contribution in [-0.2, 0) is 11.8 Å². The van der Waals surface area contributed by atoms with E-state index in [0.717, 1.165) is 54.2 Å². The highest BCUT2D eigenvalue weighted by atomic mass is 16.5. The Morgan fingerprint density at radius 1 is 1.12 bits per heavy atom. The highest BCUT2D eigenvalue weighted by Gasteiger charge is 2.28. The summed E-state index contributed by atoms with van der Waals surface area (Å²) in [6.07, 6.45) is 6.61. The van der Waals surface area contributed by atoms with E-state index < -0.39 is 0 Å². The summed E-state index contributed by atoms with van der Waals surface area (Å²) in [5, 5.41) is 0. The monoisotopic (exact) mass is 448 g/mol. The molecule has 0 aliphatic carbocycles. The van der Waals surface area contributed by atoms with E-state index in [1.807, 2.05) is 26.2 Å². The Labute approximate surface area is 196 Å². The van der Waals surface area contributed by atoms with E-state index in [2.05, 4.69) is 35.9 Å². The summed E-state index contributed by atoms with van der Waals surface area (Å²) in [4.78, 5) is 23.7. The first-order valence-corrected chi connectivity index (χ1v) is 12.4. The number of fused-ring (bicyclic) bond motifs is 1. The molecule has 5 rings (SSSR count). The van der Waals surface area contributed by atoms with Crippen LogP contribution >= 0.6 is 0 Å². The molecule has 0 atom stereocenters. The smallest absolute Gasteiger partial charge is 0.253 e. The second-order valence-corrected chi connectivity index (χ2v) is 10.2. The molecule has 1 N–H and O–H groups in total. The van der Waals surface area contributed by atoms with Crippen molar-refractivity contribution in [1.29, 1.82) is 0 Å². The van der Waals surface area contributed by atoms with E-state index in [1.165, 1.54) is 36.9 Å². The number of likely N-dealkylation sites (tertiary alicyclic amines) is 1. The number of nitrogens with zero attached hydrogens (tertiary/aromatic N) is 3. The van der Waals surface area contributed by atoms with Crippen molar-refractivity contribution < 1.29 is 4.74 Å². The van der Waals surface area contributed by atoms with Gasteiger partial charge in [0.05, 0.1) is 16.7 Å². The predicted octanol–water partition coefficient (Wildman–Crippen LogP) is 4.72. The third kappa shape index (κ3) is 4.26. The van der Waals surface area contributed by atoms with Crippen molar-refractivity contribution in [3.63, 3.8) is 0 Å². The van der Waals surface area contributed by atoms with Crippen LogP contribution in [-0.4, -0.2) is 51.8 Å². The molecule has 6 heteroatoms. The molecule has 6 nitrogen and oxygen atoms in total. The van der Waals surface area contributed by atoms with Gasteiger partial charge in [0, 0.05) is 60.8 Å². The number of piperidine rings is 1. The number of aromatic amines is 1. The number of aromatic nitrogens is 3. The van der Waals surface area contributed by atoms with Crippen molar-refractivity contribution in [3.05, 3.63) is 51.6 Å². The van der Waals surface area contributed by atoms with Gasteiger partial charge in [-0.2, -0.15) is 0 Å². The normalized spacial score (nSPS) is 19.1. The maximum atomic E-state index is 12.2. The number of nitrogens with one attached hydrogen (secondary N) is 1. The largest absolute Gasteiger partial charge is 0.381 e. The number of pyridine rings is 2. The highest BCUT2D eigenvalue weighted by molar-refractivity contribution is 5.88. The van der Waals surface area contributed by atoms with Gasteiger partial charge >= 0.3 is 0 Å². The van der Waals surface area contributed by atoms with Crippen molar-refractivity contribution in [2.24, 2.45) is 7.05 Å². The molecule has 2 aliphatic heterocycles. The Morgan fingerprint density at radius 3 is 2.52 bits per heavy atom. The summed E-state index contributed by atoms with van der Waals surface area (Å²) >= 11 is 0. The fourth-order valence-corrected chi connectivity index (χ4v) is 5.74. The first-order chi connectivity index (χ1) is 15.9. The summed E-state index contributed by atoms with van der Waals surface area (Å²) in [6, 6.07) is 7.10. The molecule has 0 aromatic carbocycles. The number of rotatable bonds is 4. The van der Waals surface area contributed by atoms with Crippen LogP contribution in [0.1, 0.15) is 68.2 Å². The fourth-order valence-electron chi connectivity index (χ4n) is 5.74. The molecule has 5 heterocycles. The lowest BCUT2D eigenvalue weighted by atomic mass is 9.91. The molecule has 176 valence electrons. The minimum absolute atomic E-state index is 0.0495. The Morgan fingerprint density at radius 2 is 1.85 bits per heavy atom. The van der Waals surface area contributed by atoms with Gasteiger partial charge in [-0.05, 0) is 69.8 Å². The van der Waals surface area contributed by atoms with Crippen LogP contribution < -0.4 is 5.56 Å². The maximum absolute atomic E-state index is 12.2. The van der Waals surface area contributed by atoms with E-state index in [4.69, 9.17) is 9.72 Å². The molecule has 0 amide bonds. The van der Waals surface area contributed by atoms with Gasteiger partial charge in [-0.15, -0.1) is 0 Å². The minimum Gasteiger partial charge on any atom is -0.381 e. The molecule has 2 aliphatic rings. The van der Waals surface area contributed by atoms with Gasteiger partial charge in [0.2, 0.25) is 0 Å². The lowest BCUT2D eigenvalue weighted by molar-refractivity contribution is 0.0250. The number of hydrogen-bond acceptors (Lipinski definition) is 4. The minimum atomic E-state index is 0.0495. The molecule has 0 bridgehead atoms. The van der Waals surface area contributed by atoms with E-state index in [1.54, 1.807) is 4.57 Å². The van der Waals surface area contributed by atoms with Crippen molar-refractivity contribution in [2.75, 3.05) is 26.3 Å². The van der Waals surface area contributed by atoms with Crippen molar-refractivity contribution >= 4 is 11.0 Å². The number of hydrogen-bond donors (Lipinski definition) is 1. The van der Waals surface area contributed by atoms with E-state index >= 15 is 0 Å². The third-order valence-corrected chi connectivity index (χ3v) is 7.58. The zero-order valence-corrected chi connectivity index (χ0v) is 20.4. The maximum Gasteiger partial charge on any atom is 0.253 e. The van der Waals surface area contributed by atoms with Gasteiger partial charge < -0.3 is 19.2 Å². The fraction of sp³-hybridized carbons (Fsp3) is 0.556. The Hall–Kier alpha value is -2.44. The average Bonchev–Trinajstić information content (AvgIpc) is 3.22. The second-order valence-electron chi connectivity index (χ2n) is 10.2. The van der Waals surface area contributed by atoms with E-state index in [9.17, 15) is 4.79 Å². The van der Waals surface area contributed by atoms with Gasteiger partial charge in [0.1, 0.15) is 0 Å². The van der Waals surface area contributed by atoms with Crippen molar-refractivity contribution in [3.8, 4) is 11.3 Å². The molecule has 33 heavy (non-hydrogen) atoms. The molecule has 0 saturated carbocycles. The number of ether oxygens (including phenoxy) is 1. The molecule has 0 unspecified atom stereocenters. The van der Waals surface area contributed by atoms with Gasteiger partial charge in [-0.1, -0.05) is 13.8 Å². The SMILES string of the molecule is Cc1cc(-c2[nH]c3ccc(C4CCN(C5CCOCC5)CC4)nc3c2C(C)C)cn(C)c1=O. The zero-order valence-electron chi connectivity index (χ0n) is 20.4. The molecule has 2 fully saturated rings. The highest BCUT2D eigenvalue weighted by Crippen LogP contribution is 2.36. The molecule has 3 aromatic heterocycles. The molecule has 0 spiro atoms. The number of H-pyrrole nitrogens is 1. The Bertz CT molecular complexity index is 1170. The first kappa shape index (κ1) is 22.4. The van der Waals surface area contributed by atoms with Crippen LogP contribution in [0.25, 0.3) is 22.3 Å². The average molecular weight is 449 g/mol.